The average Bonchev–Trinajstić information content (AvgIpc) is 3.77. The number of halogens is 1. The first-order valence-corrected chi connectivity index (χ1v) is 19.3. The molecule has 0 saturated heterocycles. The maximum atomic E-state index is 16.0. The van der Waals surface area contributed by atoms with Crippen molar-refractivity contribution in [2.24, 2.45) is 5.92 Å². The molecule has 0 aliphatic heterocycles. The lowest BCUT2D eigenvalue weighted by atomic mass is 10.0. The summed E-state index contributed by atoms with van der Waals surface area (Å²) < 4.78 is 57.0. The highest BCUT2D eigenvalue weighted by Crippen LogP contribution is 2.31. The lowest BCUT2D eigenvalue weighted by molar-refractivity contribution is 0.0459. The number of carbonyl (C=O) groups is 2. The number of aromatic nitrogens is 2. The van der Waals surface area contributed by atoms with Crippen molar-refractivity contribution < 1.29 is 31.9 Å². The second-order valence-electron chi connectivity index (χ2n) is 12.4. The number of carbonyl (C=O) groups excluding carboxylic acids is 2. The Balaban J connectivity index is 1.40. The number of sulfonamides is 1. The van der Waals surface area contributed by atoms with Crippen LogP contribution in [0.1, 0.15) is 73.7 Å². The highest BCUT2D eigenvalue weighted by molar-refractivity contribution is 7.90. The highest BCUT2D eigenvalue weighted by atomic mass is 32.2. The zero-order valence-electron chi connectivity index (χ0n) is 29.1. The topological polar surface area (TPSA) is 117 Å². The summed E-state index contributed by atoms with van der Waals surface area (Å²) in [6.45, 7) is 7.98. The monoisotopic (exact) mass is 731 g/mol. The lowest BCUT2D eigenvalue weighted by Crippen LogP contribution is -2.31. The molecule has 3 aromatic carbocycles. The number of nitrogens with zero attached hydrogens (tertiary/aromatic N) is 2. The molecule has 0 fully saturated rings. The summed E-state index contributed by atoms with van der Waals surface area (Å²) in [4.78, 5) is 31.7. The van der Waals surface area contributed by atoms with Gasteiger partial charge in [-0.15, -0.1) is 11.3 Å². The Hall–Kier alpha value is -4.81. The van der Waals surface area contributed by atoms with Crippen LogP contribution in [0.25, 0.3) is 21.6 Å². The van der Waals surface area contributed by atoms with Gasteiger partial charge in [0.2, 0.25) is 0 Å². The number of hydrogen-bond acceptors (Lipinski definition) is 8. The predicted molar refractivity (Wildman–Crippen MR) is 197 cm³/mol. The SMILES string of the molecule is CCCc1nc(CC)c(C(=O)OCc2ccccc2-c2cccs2)n1Cc1ccc(-c2ccccc2S(=O)(=O)NC(=O)OCCC(C)C)cc1F. The van der Waals surface area contributed by atoms with E-state index in [-0.39, 0.29) is 47.4 Å². The summed E-state index contributed by atoms with van der Waals surface area (Å²) in [5.41, 5.74) is 3.49. The zero-order chi connectivity index (χ0) is 36.5. The summed E-state index contributed by atoms with van der Waals surface area (Å²) >= 11 is 1.61. The maximum Gasteiger partial charge on any atom is 0.421 e. The van der Waals surface area contributed by atoms with Gasteiger partial charge in [0.15, 0.2) is 5.69 Å². The van der Waals surface area contributed by atoms with Crippen LogP contribution in [0.3, 0.4) is 0 Å². The molecule has 0 radical (unpaired) electrons. The molecule has 268 valence electrons. The van der Waals surface area contributed by atoms with Gasteiger partial charge in [-0.3, -0.25) is 0 Å². The van der Waals surface area contributed by atoms with Crippen molar-refractivity contribution in [1.82, 2.24) is 14.3 Å². The number of rotatable bonds is 15. The van der Waals surface area contributed by atoms with Gasteiger partial charge >= 0.3 is 12.1 Å². The summed E-state index contributed by atoms with van der Waals surface area (Å²) in [5, 5.41) is 2.00. The predicted octanol–water partition coefficient (Wildman–Crippen LogP) is 8.80. The minimum absolute atomic E-state index is 0.00831. The van der Waals surface area contributed by atoms with E-state index in [0.717, 1.165) is 22.4 Å². The molecule has 0 aliphatic carbocycles. The number of hydrogen-bond donors (Lipinski definition) is 1. The first-order chi connectivity index (χ1) is 24.5. The number of nitrogens with one attached hydrogen (secondary N) is 1. The van der Waals surface area contributed by atoms with Gasteiger partial charge in [0.1, 0.15) is 18.2 Å². The van der Waals surface area contributed by atoms with Crippen molar-refractivity contribution in [2.45, 2.75) is 71.4 Å². The second kappa shape index (κ2) is 16.9. The van der Waals surface area contributed by atoms with Crippen molar-refractivity contribution in [3.05, 3.63) is 118 Å². The molecule has 1 amide bonds. The van der Waals surface area contributed by atoms with Gasteiger partial charge in [0.25, 0.3) is 10.0 Å². The lowest BCUT2D eigenvalue weighted by Gasteiger charge is -2.15. The van der Waals surface area contributed by atoms with E-state index in [9.17, 15) is 18.0 Å². The standard InChI is InChI=1S/C39H42FN3O6S2/c1-5-12-36-41-33(6-2)37(38(44)49-25-29-13-7-8-14-30(29)34-16-11-22-50-34)43(36)24-28-19-18-27(23-32(28)40)31-15-9-10-17-35(31)51(46,47)42-39(45)48-21-20-26(3)4/h7-11,13-19,22-23,26H,5-6,12,20-21,24-25H2,1-4H3,(H,42,45). The van der Waals surface area contributed by atoms with E-state index >= 15 is 4.39 Å². The molecule has 0 saturated carbocycles. The third kappa shape index (κ3) is 9.11. The summed E-state index contributed by atoms with van der Waals surface area (Å²) in [6, 6.07) is 22.2. The largest absolute Gasteiger partial charge is 0.456 e. The van der Waals surface area contributed by atoms with Crippen molar-refractivity contribution in [3.8, 4) is 21.6 Å². The minimum atomic E-state index is -4.34. The molecule has 2 heterocycles. The van der Waals surface area contributed by atoms with Crippen molar-refractivity contribution in [3.63, 3.8) is 0 Å². The summed E-state index contributed by atoms with van der Waals surface area (Å²) in [6.07, 6.45) is 1.31. The number of ether oxygens (including phenoxy) is 2. The fraction of sp³-hybridized carbons (Fsp3) is 0.308. The molecule has 12 heteroatoms. The Morgan fingerprint density at radius 2 is 1.69 bits per heavy atom. The zero-order valence-corrected chi connectivity index (χ0v) is 30.8. The van der Waals surface area contributed by atoms with E-state index in [1.54, 1.807) is 40.2 Å². The molecular weight excluding hydrogens is 690 g/mol. The Kier molecular flexibility index (Phi) is 12.4. The first-order valence-electron chi connectivity index (χ1n) is 17.0. The van der Waals surface area contributed by atoms with Crippen LogP contribution in [0, 0.1) is 11.7 Å². The molecule has 5 aromatic rings. The van der Waals surface area contributed by atoms with E-state index < -0.39 is 27.9 Å². The van der Waals surface area contributed by atoms with Gasteiger partial charge in [-0.25, -0.2) is 32.1 Å². The molecular formula is C39H42FN3O6S2. The molecule has 1 N–H and O–H groups in total. The Morgan fingerprint density at radius 3 is 2.37 bits per heavy atom. The van der Waals surface area contributed by atoms with Gasteiger partial charge in [-0.2, -0.15) is 0 Å². The number of esters is 1. The van der Waals surface area contributed by atoms with Crippen LogP contribution < -0.4 is 4.72 Å². The van der Waals surface area contributed by atoms with Crippen molar-refractivity contribution >= 4 is 33.4 Å². The van der Waals surface area contributed by atoms with Crippen LogP contribution in [0.4, 0.5) is 9.18 Å². The molecule has 0 aliphatic rings. The summed E-state index contributed by atoms with van der Waals surface area (Å²) in [5.74, 6) is -0.223. The third-order valence-electron chi connectivity index (χ3n) is 8.30. The van der Waals surface area contributed by atoms with Crippen LogP contribution in [-0.2, 0) is 45.5 Å². The Bertz CT molecular complexity index is 2090. The maximum absolute atomic E-state index is 16.0. The van der Waals surface area contributed by atoms with E-state index in [2.05, 4.69) is 0 Å². The number of amides is 1. The Morgan fingerprint density at radius 1 is 0.941 bits per heavy atom. The van der Waals surface area contributed by atoms with Crippen LogP contribution in [-0.4, -0.2) is 36.6 Å². The minimum Gasteiger partial charge on any atom is -0.456 e. The van der Waals surface area contributed by atoms with Crippen molar-refractivity contribution in [1.29, 1.82) is 0 Å². The van der Waals surface area contributed by atoms with Crippen LogP contribution in [0.2, 0.25) is 0 Å². The molecule has 0 bridgehead atoms. The molecule has 9 nitrogen and oxygen atoms in total. The Labute approximate surface area is 302 Å². The fourth-order valence-electron chi connectivity index (χ4n) is 5.68. The van der Waals surface area contributed by atoms with Crippen molar-refractivity contribution in [2.75, 3.05) is 6.61 Å². The van der Waals surface area contributed by atoms with Gasteiger partial charge in [0.05, 0.1) is 23.7 Å². The van der Waals surface area contributed by atoms with Crippen LogP contribution in [0.5, 0.6) is 0 Å². The van der Waals surface area contributed by atoms with Gasteiger partial charge in [-0.1, -0.05) is 88.4 Å². The molecule has 51 heavy (non-hydrogen) atoms. The average molecular weight is 732 g/mol. The van der Waals surface area contributed by atoms with Gasteiger partial charge in [0, 0.05) is 22.4 Å². The normalized spacial score (nSPS) is 11.5. The van der Waals surface area contributed by atoms with E-state index in [0.29, 0.717) is 36.3 Å². The fourth-order valence-corrected chi connectivity index (χ4v) is 7.59. The molecule has 2 aromatic heterocycles. The smallest absolute Gasteiger partial charge is 0.421 e. The number of aryl methyl sites for hydroxylation is 2. The molecule has 0 spiro atoms. The van der Waals surface area contributed by atoms with E-state index in [4.69, 9.17) is 14.5 Å². The molecule has 0 unspecified atom stereocenters. The van der Waals surface area contributed by atoms with Crippen LogP contribution >= 0.6 is 11.3 Å². The summed E-state index contributed by atoms with van der Waals surface area (Å²) in [7, 11) is -4.34. The molecule has 0 atom stereocenters. The van der Waals surface area contributed by atoms with E-state index in [1.807, 2.05) is 74.2 Å². The highest BCUT2D eigenvalue weighted by Gasteiger charge is 2.26. The van der Waals surface area contributed by atoms with Gasteiger partial charge in [-0.05, 0) is 65.4 Å². The molecule has 5 rings (SSSR count). The number of benzene rings is 3. The third-order valence-corrected chi connectivity index (χ3v) is 10.6. The number of imidazole rings is 1. The number of thiophene rings is 1. The van der Waals surface area contributed by atoms with E-state index in [1.165, 1.54) is 18.2 Å². The van der Waals surface area contributed by atoms with Gasteiger partial charge < -0.3 is 14.0 Å². The second-order valence-corrected chi connectivity index (χ2v) is 15.0. The van der Waals surface area contributed by atoms with Crippen LogP contribution in [0.15, 0.2) is 89.1 Å². The quantitative estimate of drug-likeness (QED) is 0.107. The first kappa shape index (κ1) is 37.4.